The number of amides is 1. The summed E-state index contributed by atoms with van der Waals surface area (Å²) in [5, 5.41) is 7.94. The number of nitrogens with one attached hydrogen (secondary N) is 1. The lowest BCUT2D eigenvalue weighted by molar-refractivity contribution is 0.101. The predicted octanol–water partition coefficient (Wildman–Crippen LogP) is 5.46. The lowest BCUT2D eigenvalue weighted by atomic mass is 10.1. The van der Waals surface area contributed by atoms with Gasteiger partial charge in [0, 0.05) is 16.3 Å². The van der Waals surface area contributed by atoms with Gasteiger partial charge in [-0.3, -0.25) is 4.79 Å². The Bertz CT molecular complexity index is 1180. The number of aromatic nitrogens is 3. The van der Waals surface area contributed by atoms with Crippen LogP contribution in [0.1, 0.15) is 21.7 Å². The molecule has 1 heterocycles. The first kappa shape index (κ1) is 18.9. The maximum absolute atomic E-state index is 12.9. The number of aryl methyl sites for hydroxylation is 1. The van der Waals surface area contributed by atoms with Gasteiger partial charge in [-0.15, -0.1) is 5.10 Å². The summed E-state index contributed by atoms with van der Waals surface area (Å²) < 4.78 is 1.69. The van der Waals surface area contributed by atoms with E-state index < -0.39 is 0 Å². The van der Waals surface area contributed by atoms with E-state index in [0.29, 0.717) is 16.5 Å². The minimum absolute atomic E-state index is 0.0877. The predicted molar refractivity (Wildman–Crippen MR) is 116 cm³/mol. The summed E-state index contributed by atoms with van der Waals surface area (Å²) in [7, 11) is 0. The molecule has 0 atom stereocenters. The van der Waals surface area contributed by atoms with Crippen molar-refractivity contribution in [1.29, 1.82) is 0 Å². The van der Waals surface area contributed by atoms with Gasteiger partial charge < -0.3 is 5.32 Å². The summed E-state index contributed by atoms with van der Waals surface area (Å²) in [4.78, 5) is 17.4. The summed E-state index contributed by atoms with van der Waals surface area (Å²) in [6.07, 6.45) is 0. The number of nitrogens with zero attached hydrogens (tertiary/aromatic N) is 3. The number of carbonyl (C=O) groups excluding carboxylic acids is 1. The molecule has 0 saturated carbocycles. The lowest BCUT2D eigenvalue weighted by Gasteiger charge is -2.07. The highest BCUT2D eigenvalue weighted by molar-refractivity contribution is 6.31. The molecule has 0 bridgehead atoms. The van der Waals surface area contributed by atoms with Gasteiger partial charge >= 0.3 is 0 Å². The van der Waals surface area contributed by atoms with Gasteiger partial charge in [-0.1, -0.05) is 59.6 Å². The van der Waals surface area contributed by atoms with Gasteiger partial charge in [0.15, 0.2) is 5.82 Å². The van der Waals surface area contributed by atoms with Gasteiger partial charge in [0.25, 0.3) is 5.91 Å². The summed E-state index contributed by atoms with van der Waals surface area (Å²) >= 11 is 6.16. The molecule has 0 spiro atoms. The first-order chi connectivity index (χ1) is 14.0. The Hall–Kier alpha value is -3.44. The third-order valence-electron chi connectivity index (χ3n) is 4.60. The Morgan fingerprint density at radius 3 is 2.48 bits per heavy atom. The minimum atomic E-state index is -0.390. The molecular formula is C23H19ClN4O. The molecule has 0 radical (unpaired) electrons. The number of rotatable bonds is 4. The van der Waals surface area contributed by atoms with Gasteiger partial charge in [0.2, 0.25) is 5.82 Å². The fourth-order valence-corrected chi connectivity index (χ4v) is 3.22. The van der Waals surface area contributed by atoms with Gasteiger partial charge in [0.05, 0.1) is 5.69 Å². The Morgan fingerprint density at radius 2 is 1.72 bits per heavy atom. The molecule has 0 saturated heterocycles. The molecule has 5 nitrogen and oxygen atoms in total. The highest BCUT2D eigenvalue weighted by Crippen LogP contribution is 2.25. The number of para-hydroxylation sites is 1. The standard InChI is InChI=1S/C23H19ClN4O/c1-15-8-6-9-17(14-15)22-26-21(27-28(22)18-10-4-3-5-11-18)23(29)25-20-13-7-12-19(24)16(20)2/h3-14H,1-2H3,(H,25,29). The Kier molecular flexibility index (Phi) is 5.14. The van der Waals surface area contributed by atoms with E-state index in [-0.39, 0.29) is 11.7 Å². The molecule has 0 aliphatic carbocycles. The van der Waals surface area contributed by atoms with Crippen LogP contribution < -0.4 is 5.32 Å². The Labute approximate surface area is 174 Å². The monoisotopic (exact) mass is 402 g/mol. The SMILES string of the molecule is Cc1cccc(-c2nc(C(=O)Nc3cccc(Cl)c3C)nn2-c2ccccc2)c1. The maximum Gasteiger partial charge on any atom is 0.295 e. The number of halogens is 1. The molecule has 3 aromatic carbocycles. The van der Waals surface area contributed by atoms with Crippen LogP contribution in [-0.2, 0) is 0 Å². The quantitative estimate of drug-likeness (QED) is 0.493. The van der Waals surface area contributed by atoms with Crippen molar-refractivity contribution in [1.82, 2.24) is 14.8 Å². The number of carbonyl (C=O) groups is 1. The fourth-order valence-electron chi connectivity index (χ4n) is 3.05. The highest BCUT2D eigenvalue weighted by Gasteiger charge is 2.19. The molecule has 29 heavy (non-hydrogen) atoms. The number of benzene rings is 3. The molecule has 0 aliphatic rings. The van der Waals surface area contributed by atoms with Crippen LogP contribution in [-0.4, -0.2) is 20.7 Å². The summed E-state index contributed by atoms with van der Waals surface area (Å²) in [5.41, 5.74) is 4.25. The third kappa shape index (κ3) is 3.91. The van der Waals surface area contributed by atoms with Crippen molar-refractivity contribution < 1.29 is 4.79 Å². The molecule has 1 aromatic heterocycles. The molecule has 6 heteroatoms. The second-order valence-electron chi connectivity index (χ2n) is 6.74. The molecule has 4 aromatic rings. The first-order valence-electron chi connectivity index (χ1n) is 9.19. The van der Waals surface area contributed by atoms with Gasteiger partial charge in [-0.2, -0.15) is 0 Å². The van der Waals surface area contributed by atoms with E-state index in [1.807, 2.05) is 68.4 Å². The fraction of sp³-hybridized carbons (Fsp3) is 0.0870. The van der Waals surface area contributed by atoms with E-state index in [1.54, 1.807) is 22.9 Å². The lowest BCUT2D eigenvalue weighted by Crippen LogP contribution is -2.15. The van der Waals surface area contributed by atoms with Crippen LogP contribution in [0.3, 0.4) is 0 Å². The van der Waals surface area contributed by atoms with Crippen LogP contribution in [0.2, 0.25) is 5.02 Å². The van der Waals surface area contributed by atoms with E-state index in [2.05, 4.69) is 15.4 Å². The van der Waals surface area contributed by atoms with Crippen molar-refractivity contribution in [3.05, 3.63) is 94.8 Å². The van der Waals surface area contributed by atoms with Crippen molar-refractivity contribution in [3.63, 3.8) is 0 Å². The zero-order chi connectivity index (χ0) is 20.4. The van der Waals surface area contributed by atoms with Crippen molar-refractivity contribution in [2.75, 3.05) is 5.32 Å². The van der Waals surface area contributed by atoms with Crippen LogP contribution >= 0.6 is 11.6 Å². The molecule has 0 aliphatic heterocycles. The van der Waals surface area contributed by atoms with Crippen LogP contribution in [0.25, 0.3) is 17.1 Å². The first-order valence-corrected chi connectivity index (χ1v) is 9.57. The summed E-state index contributed by atoms with van der Waals surface area (Å²) in [6.45, 7) is 3.87. The molecule has 144 valence electrons. The van der Waals surface area contributed by atoms with Crippen molar-refractivity contribution in [2.24, 2.45) is 0 Å². The zero-order valence-electron chi connectivity index (χ0n) is 16.1. The summed E-state index contributed by atoms with van der Waals surface area (Å²) in [6, 6.07) is 23.0. The van der Waals surface area contributed by atoms with Gasteiger partial charge in [-0.05, 0) is 49.7 Å². The van der Waals surface area contributed by atoms with Crippen LogP contribution in [0.5, 0.6) is 0 Å². The highest BCUT2D eigenvalue weighted by atomic mass is 35.5. The molecule has 0 unspecified atom stereocenters. The van der Waals surface area contributed by atoms with Gasteiger partial charge in [-0.25, -0.2) is 9.67 Å². The van der Waals surface area contributed by atoms with E-state index in [0.717, 1.165) is 22.4 Å². The van der Waals surface area contributed by atoms with E-state index in [9.17, 15) is 4.79 Å². The molecule has 1 N–H and O–H groups in total. The van der Waals surface area contributed by atoms with Crippen LogP contribution in [0.4, 0.5) is 5.69 Å². The maximum atomic E-state index is 12.9. The molecule has 4 rings (SSSR count). The molecular weight excluding hydrogens is 384 g/mol. The second-order valence-corrected chi connectivity index (χ2v) is 7.15. The van der Waals surface area contributed by atoms with E-state index in [1.165, 1.54) is 0 Å². The van der Waals surface area contributed by atoms with Crippen molar-refractivity contribution >= 4 is 23.2 Å². The van der Waals surface area contributed by atoms with E-state index >= 15 is 0 Å². The van der Waals surface area contributed by atoms with Crippen LogP contribution in [0.15, 0.2) is 72.8 Å². The van der Waals surface area contributed by atoms with E-state index in [4.69, 9.17) is 11.6 Å². The normalized spacial score (nSPS) is 10.7. The Morgan fingerprint density at radius 1 is 0.966 bits per heavy atom. The molecule has 1 amide bonds. The van der Waals surface area contributed by atoms with Crippen molar-refractivity contribution in [3.8, 4) is 17.1 Å². The average Bonchev–Trinajstić information content (AvgIpc) is 3.18. The van der Waals surface area contributed by atoms with Crippen LogP contribution in [0, 0.1) is 13.8 Å². The number of hydrogen-bond donors (Lipinski definition) is 1. The van der Waals surface area contributed by atoms with Crippen molar-refractivity contribution in [2.45, 2.75) is 13.8 Å². The molecule has 0 fully saturated rings. The number of anilines is 1. The Balaban J connectivity index is 1.77. The summed E-state index contributed by atoms with van der Waals surface area (Å²) in [5.74, 6) is 0.302. The van der Waals surface area contributed by atoms with Gasteiger partial charge in [0.1, 0.15) is 0 Å². The average molecular weight is 403 g/mol. The largest absolute Gasteiger partial charge is 0.319 e. The second kappa shape index (κ2) is 7.89. The zero-order valence-corrected chi connectivity index (χ0v) is 16.8. The topological polar surface area (TPSA) is 59.8 Å². The number of hydrogen-bond acceptors (Lipinski definition) is 3. The smallest absolute Gasteiger partial charge is 0.295 e. The minimum Gasteiger partial charge on any atom is -0.319 e. The third-order valence-corrected chi connectivity index (χ3v) is 5.01.